The van der Waals surface area contributed by atoms with Crippen molar-refractivity contribution >= 4 is 15.8 Å². The predicted octanol–water partition coefficient (Wildman–Crippen LogP) is -0.778. The number of rotatable bonds is 3. The first-order chi connectivity index (χ1) is 6.90. The Hall–Kier alpha value is -1.52. The summed E-state index contributed by atoms with van der Waals surface area (Å²) in [7, 11) is -2.05. The van der Waals surface area contributed by atoms with Gasteiger partial charge < -0.3 is 5.73 Å². The molecule has 1 aromatic rings. The molecule has 0 aliphatic rings. The van der Waals surface area contributed by atoms with Crippen molar-refractivity contribution in [3.63, 3.8) is 0 Å². The van der Waals surface area contributed by atoms with E-state index in [9.17, 15) is 8.42 Å². The van der Waals surface area contributed by atoms with Crippen molar-refractivity contribution in [3.05, 3.63) is 5.69 Å². The van der Waals surface area contributed by atoms with E-state index >= 15 is 0 Å². The second-order valence-corrected chi connectivity index (χ2v) is 4.66. The normalized spacial score (nSPS) is 11.3. The monoisotopic (exact) mass is 228 g/mol. The van der Waals surface area contributed by atoms with Gasteiger partial charge in [0.2, 0.25) is 10.0 Å². The van der Waals surface area contributed by atoms with Crippen LogP contribution in [0.2, 0.25) is 0 Å². The van der Waals surface area contributed by atoms with Gasteiger partial charge in [0.05, 0.1) is 12.2 Å². The molecule has 82 valence electrons. The van der Waals surface area contributed by atoms with Gasteiger partial charge in [0.25, 0.3) is 0 Å². The van der Waals surface area contributed by atoms with Crippen molar-refractivity contribution in [1.82, 2.24) is 14.5 Å². The van der Waals surface area contributed by atoms with E-state index in [2.05, 4.69) is 15.7 Å². The molecule has 3 N–H and O–H groups in total. The first-order valence-corrected chi connectivity index (χ1v) is 5.60. The van der Waals surface area contributed by atoms with Gasteiger partial charge in [-0.2, -0.15) is 9.82 Å². The molecule has 0 fully saturated rings. The van der Waals surface area contributed by atoms with Crippen LogP contribution in [-0.2, 0) is 17.1 Å². The highest BCUT2D eigenvalue weighted by molar-refractivity contribution is 7.89. The number of aryl methyl sites for hydroxylation is 1. The van der Waals surface area contributed by atoms with Gasteiger partial charge in [-0.15, -0.1) is 6.42 Å². The molecule has 7 heteroatoms. The van der Waals surface area contributed by atoms with Crippen LogP contribution in [0, 0.1) is 19.3 Å². The van der Waals surface area contributed by atoms with Gasteiger partial charge in [-0.05, 0) is 6.92 Å². The standard InChI is InChI=1S/C8H12N4O2S/c1-4-5-10-15(13,14)7-6(2)12(3)11-8(7)9/h1,10H,5H2,2-3H3,(H2,9,11). The third kappa shape index (κ3) is 2.11. The molecule has 1 rings (SSSR count). The van der Waals surface area contributed by atoms with Crippen LogP contribution in [0.4, 0.5) is 5.82 Å². The van der Waals surface area contributed by atoms with E-state index in [0.29, 0.717) is 5.69 Å². The van der Waals surface area contributed by atoms with Crippen LogP contribution < -0.4 is 10.5 Å². The third-order valence-electron chi connectivity index (χ3n) is 1.94. The summed E-state index contributed by atoms with van der Waals surface area (Å²) in [5, 5.41) is 3.81. The van der Waals surface area contributed by atoms with Gasteiger partial charge in [-0.25, -0.2) is 8.42 Å². The topological polar surface area (TPSA) is 90.0 Å². The quantitative estimate of drug-likeness (QED) is 0.664. The number of sulfonamides is 1. The van der Waals surface area contributed by atoms with Gasteiger partial charge >= 0.3 is 0 Å². The number of hydrogen-bond donors (Lipinski definition) is 2. The molecule has 0 saturated carbocycles. The highest BCUT2D eigenvalue weighted by atomic mass is 32.2. The Morgan fingerprint density at radius 1 is 1.67 bits per heavy atom. The molecule has 0 amide bonds. The fraction of sp³-hybridized carbons (Fsp3) is 0.375. The maximum Gasteiger partial charge on any atom is 0.246 e. The largest absolute Gasteiger partial charge is 0.381 e. The van der Waals surface area contributed by atoms with E-state index in [0.717, 1.165) is 0 Å². The van der Waals surface area contributed by atoms with Crippen LogP contribution in [0.15, 0.2) is 4.90 Å². The maximum absolute atomic E-state index is 11.7. The molecule has 0 atom stereocenters. The van der Waals surface area contributed by atoms with E-state index in [1.165, 1.54) is 4.68 Å². The minimum absolute atomic E-state index is 0.0137. The molecular weight excluding hydrogens is 216 g/mol. The van der Waals surface area contributed by atoms with Crippen molar-refractivity contribution in [2.45, 2.75) is 11.8 Å². The number of nitrogens with one attached hydrogen (secondary N) is 1. The van der Waals surface area contributed by atoms with Gasteiger partial charge in [-0.1, -0.05) is 5.92 Å². The second-order valence-electron chi connectivity index (χ2n) is 2.95. The summed E-state index contributed by atoms with van der Waals surface area (Å²) in [6, 6.07) is 0. The minimum atomic E-state index is -3.66. The predicted molar refractivity (Wildman–Crippen MR) is 56.4 cm³/mol. The number of aromatic nitrogens is 2. The number of nitrogens with zero attached hydrogens (tertiary/aromatic N) is 2. The van der Waals surface area contributed by atoms with Crippen molar-refractivity contribution in [3.8, 4) is 12.3 Å². The minimum Gasteiger partial charge on any atom is -0.381 e. The van der Waals surface area contributed by atoms with Crippen molar-refractivity contribution in [2.75, 3.05) is 12.3 Å². The summed E-state index contributed by atoms with van der Waals surface area (Å²) in [4.78, 5) is -0.0137. The highest BCUT2D eigenvalue weighted by Crippen LogP contribution is 2.20. The van der Waals surface area contributed by atoms with E-state index in [1.54, 1.807) is 14.0 Å². The Labute approximate surface area is 88.5 Å². The Morgan fingerprint density at radius 3 is 2.67 bits per heavy atom. The summed E-state index contributed by atoms with van der Waals surface area (Å²) >= 11 is 0. The summed E-state index contributed by atoms with van der Waals surface area (Å²) in [5.41, 5.74) is 5.97. The summed E-state index contributed by atoms with van der Waals surface area (Å²) < 4.78 is 27.0. The summed E-state index contributed by atoms with van der Waals surface area (Å²) in [6.45, 7) is 1.55. The molecule has 15 heavy (non-hydrogen) atoms. The van der Waals surface area contributed by atoms with E-state index in [1.807, 2.05) is 0 Å². The number of nitrogen functional groups attached to an aromatic ring is 1. The lowest BCUT2D eigenvalue weighted by molar-refractivity contribution is 0.585. The molecule has 1 aromatic heterocycles. The van der Waals surface area contributed by atoms with Crippen LogP contribution in [-0.4, -0.2) is 24.7 Å². The fourth-order valence-corrected chi connectivity index (χ4v) is 2.41. The molecule has 6 nitrogen and oxygen atoms in total. The number of nitrogens with two attached hydrogens (primary N) is 1. The molecule has 0 spiro atoms. The van der Waals surface area contributed by atoms with E-state index in [4.69, 9.17) is 12.2 Å². The molecule has 0 aliphatic carbocycles. The van der Waals surface area contributed by atoms with Gasteiger partial charge in [0.1, 0.15) is 4.90 Å². The van der Waals surface area contributed by atoms with Crippen LogP contribution in [0.5, 0.6) is 0 Å². The van der Waals surface area contributed by atoms with Crippen molar-refractivity contribution in [1.29, 1.82) is 0 Å². The van der Waals surface area contributed by atoms with Gasteiger partial charge in [0, 0.05) is 7.05 Å². The molecule has 0 aromatic carbocycles. The smallest absolute Gasteiger partial charge is 0.246 e. The molecule has 0 bridgehead atoms. The van der Waals surface area contributed by atoms with Crippen LogP contribution >= 0.6 is 0 Å². The lowest BCUT2D eigenvalue weighted by Gasteiger charge is -2.03. The van der Waals surface area contributed by atoms with Gasteiger partial charge in [0.15, 0.2) is 5.82 Å². The second kappa shape index (κ2) is 3.92. The average molecular weight is 228 g/mol. The molecule has 1 heterocycles. The number of terminal acetylenes is 1. The Morgan fingerprint density at radius 2 is 2.27 bits per heavy atom. The zero-order valence-corrected chi connectivity index (χ0v) is 9.30. The average Bonchev–Trinajstić information content (AvgIpc) is 2.38. The SMILES string of the molecule is C#CCNS(=O)(=O)c1c(N)nn(C)c1C. The molecular formula is C8H12N4O2S. The zero-order chi connectivity index (χ0) is 11.6. The lowest BCUT2D eigenvalue weighted by atomic mass is 10.5. The van der Waals surface area contributed by atoms with E-state index < -0.39 is 10.0 Å². The Balaban J connectivity index is 3.22. The molecule has 0 radical (unpaired) electrons. The van der Waals surface area contributed by atoms with E-state index in [-0.39, 0.29) is 17.3 Å². The summed E-state index contributed by atoms with van der Waals surface area (Å²) in [6.07, 6.45) is 4.97. The third-order valence-corrected chi connectivity index (χ3v) is 3.50. The fourth-order valence-electron chi connectivity index (χ4n) is 1.16. The first-order valence-electron chi connectivity index (χ1n) is 4.12. The van der Waals surface area contributed by atoms with Crippen molar-refractivity contribution < 1.29 is 8.42 Å². The molecule has 0 unspecified atom stereocenters. The van der Waals surface area contributed by atoms with Crippen LogP contribution in [0.3, 0.4) is 0 Å². The van der Waals surface area contributed by atoms with Crippen LogP contribution in [0.25, 0.3) is 0 Å². The number of hydrogen-bond acceptors (Lipinski definition) is 4. The lowest BCUT2D eigenvalue weighted by Crippen LogP contribution is -2.25. The highest BCUT2D eigenvalue weighted by Gasteiger charge is 2.23. The maximum atomic E-state index is 11.7. The number of anilines is 1. The van der Waals surface area contributed by atoms with Gasteiger partial charge in [-0.3, -0.25) is 4.68 Å². The van der Waals surface area contributed by atoms with Crippen molar-refractivity contribution in [2.24, 2.45) is 7.05 Å². The zero-order valence-electron chi connectivity index (χ0n) is 8.48. The Bertz CT molecular complexity index is 509. The van der Waals surface area contributed by atoms with Crippen LogP contribution in [0.1, 0.15) is 5.69 Å². The first kappa shape index (κ1) is 11.6. The Kier molecular flexibility index (Phi) is 3.02. The summed E-state index contributed by atoms with van der Waals surface area (Å²) in [5.74, 6) is 2.15. The molecule has 0 aliphatic heterocycles. The molecule has 0 saturated heterocycles.